The van der Waals surface area contributed by atoms with E-state index in [-0.39, 0.29) is 23.9 Å². The average molecular weight is 410 g/mol. The number of benzene rings is 2. The number of fused-ring (bicyclic) bond motifs is 1. The molecular formula is C20H21F3N2O4. The van der Waals surface area contributed by atoms with Gasteiger partial charge in [-0.15, -0.1) is 13.2 Å². The van der Waals surface area contributed by atoms with E-state index in [9.17, 15) is 18.0 Å². The van der Waals surface area contributed by atoms with Gasteiger partial charge in [-0.05, 0) is 35.7 Å². The molecule has 0 aromatic heterocycles. The Balaban J connectivity index is 1.66. The van der Waals surface area contributed by atoms with Gasteiger partial charge in [0.1, 0.15) is 5.75 Å². The Morgan fingerprint density at radius 3 is 2.38 bits per heavy atom. The number of nitrogens with one attached hydrogen (secondary N) is 1. The van der Waals surface area contributed by atoms with Gasteiger partial charge < -0.3 is 24.4 Å². The van der Waals surface area contributed by atoms with Crippen LogP contribution in [0.25, 0.3) is 0 Å². The summed E-state index contributed by atoms with van der Waals surface area (Å²) in [6, 6.07) is 9.08. The molecule has 0 aliphatic carbocycles. The third-order valence-corrected chi connectivity index (χ3v) is 4.63. The Morgan fingerprint density at radius 2 is 1.72 bits per heavy atom. The fourth-order valence-corrected chi connectivity index (χ4v) is 3.21. The molecule has 6 nitrogen and oxygen atoms in total. The van der Waals surface area contributed by atoms with Crippen molar-refractivity contribution < 1.29 is 32.2 Å². The summed E-state index contributed by atoms with van der Waals surface area (Å²) in [5.41, 5.74) is 2.24. The largest absolute Gasteiger partial charge is 0.573 e. The molecule has 3 rings (SSSR count). The summed E-state index contributed by atoms with van der Waals surface area (Å²) >= 11 is 0. The number of carbonyl (C=O) groups excluding carboxylic acids is 1. The highest BCUT2D eigenvalue weighted by Crippen LogP contribution is 2.33. The highest BCUT2D eigenvalue weighted by atomic mass is 19.4. The van der Waals surface area contributed by atoms with Crippen molar-refractivity contribution in [3.05, 3.63) is 53.1 Å². The lowest BCUT2D eigenvalue weighted by atomic mass is 9.99. The molecule has 0 spiro atoms. The fourth-order valence-electron chi connectivity index (χ4n) is 3.21. The maximum Gasteiger partial charge on any atom is 0.573 e. The number of hydrogen-bond acceptors (Lipinski definition) is 4. The third-order valence-electron chi connectivity index (χ3n) is 4.63. The molecule has 156 valence electrons. The van der Waals surface area contributed by atoms with Gasteiger partial charge in [0.2, 0.25) is 0 Å². The lowest BCUT2D eigenvalue weighted by Crippen LogP contribution is -2.42. The number of nitrogens with zero attached hydrogens (tertiary/aromatic N) is 1. The minimum Gasteiger partial charge on any atom is -0.493 e. The molecule has 1 aliphatic rings. The summed E-state index contributed by atoms with van der Waals surface area (Å²) in [4.78, 5) is 14.1. The number of para-hydroxylation sites is 1. The first-order valence-corrected chi connectivity index (χ1v) is 8.91. The van der Waals surface area contributed by atoms with Gasteiger partial charge >= 0.3 is 12.4 Å². The van der Waals surface area contributed by atoms with Crippen molar-refractivity contribution in [3.8, 4) is 17.2 Å². The van der Waals surface area contributed by atoms with E-state index in [0.29, 0.717) is 31.0 Å². The topological polar surface area (TPSA) is 60.0 Å². The zero-order chi connectivity index (χ0) is 21.0. The van der Waals surface area contributed by atoms with Crippen LogP contribution in [0.15, 0.2) is 36.4 Å². The van der Waals surface area contributed by atoms with Gasteiger partial charge in [0, 0.05) is 25.2 Å². The number of halogens is 3. The Bertz CT molecular complexity index is 887. The second-order valence-corrected chi connectivity index (χ2v) is 6.46. The van der Waals surface area contributed by atoms with Crippen LogP contribution in [0.2, 0.25) is 0 Å². The smallest absolute Gasteiger partial charge is 0.493 e. The summed E-state index contributed by atoms with van der Waals surface area (Å²) in [5, 5.41) is 2.66. The van der Waals surface area contributed by atoms with Gasteiger partial charge in [0.25, 0.3) is 0 Å². The van der Waals surface area contributed by atoms with Gasteiger partial charge in [-0.3, -0.25) is 0 Å². The molecule has 0 radical (unpaired) electrons. The summed E-state index contributed by atoms with van der Waals surface area (Å²) in [6.07, 6.45) is -4.16. The molecule has 0 saturated carbocycles. The van der Waals surface area contributed by atoms with Crippen molar-refractivity contribution in [1.82, 2.24) is 10.2 Å². The first-order valence-electron chi connectivity index (χ1n) is 8.91. The number of urea groups is 1. The number of amides is 2. The van der Waals surface area contributed by atoms with Crippen LogP contribution in [-0.2, 0) is 19.5 Å². The second-order valence-electron chi connectivity index (χ2n) is 6.46. The highest BCUT2D eigenvalue weighted by Gasteiger charge is 2.32. The molecule has 0 saturated heterocycles. The van der Waals surface area contributed by atoms with E-state index in [1.54, 1.807) is 18.1 Å². The molecule has 0 fully saturated rings. The van der Waals surface area contributed by atoms with Crippen LogP contribution in [0.3, 0.4) is 0 Å². The molecule has 2 aromatic rings. The average Bonchev–Trinajstić information content (AvgIpc) is 2.70. The zero-order valence-corrected chi connectivity index (χ0v) is 16.0. The van der Waals surface area contributed by atoms with E-state index in [4.69, 9.17) is 9.47 Å². The molecule has 29 heavy (non-hydrogen) atoms. The standard InChI is InChI=1S/C20H21F3N2O4/c1-27-17-9-13-7-8-25(12-15(13)10-18(17)28-2)19(26)24-11-14-5-3-4-6-16(14)29-20(21,22)23/h3-6,9-10H,7-8,11-12H2,1-2H3,(H,24,26). The van der Waals surface area contributed by atoms with Crippen LogP contribution < -0.4 is 19.5 Å². The minimum absolute atomic E-state index is 0.0830. The molecule has 1 aliphatic heterocycles. The zero-order valence-electron chi connectivity index (χ0n) is 16.0. The van der Waals surface area contributed by atoms with Crippen LogP contribution in [0.1, 0.15) is 16.7 Å². The van der Waals surface area contributed by atoms with Crippen molar-refractivity contribution in [2.24, 2.45) is 0 Å². The van der Waals surface area contributed by atoms with Crippen LogP contribution in [-0.4, -0.2) is 38.1 Å². The van der Waals surface area contributed by atoms with Crippen LogP contribution >= 0.6 is 0 Å². The van der Waals surface area contributed by atoms with Gasteiger partial charge in [0.05, 0.1) is 14.2 Å². The van der Waals surface area contributed by atoms with Crippen LogP contribution in [0, 0.1) is 0 Å². The fraction of sp³-hybridized carbons (Fsp3) is 0.350. The monoisotopic (exact) mass is 410 g/mol. The number of hydrogen-bond donors (Lipinski definition) is 1. The van der Waals surface area contributed by atoms with Gasteiger partial charge in [-0.2, -0.15) is 0 Å². The van der Waals surface area contributed by atoms with E-state index in [1.807, 2.05) is 12.1 Å². The van der Waals surface area contributed by atoms with E-state index >= 15 is 0 Å². The SMILES string of the molecule is COc1cc2c(cc1OC)CN(C(=O)NCc1ccccc1OC(F)(F)F)CC2. The normalized spacial score (nSPS) is 13.5. The summed E-state index contributed by atoms with van der Waals surface area (Å²) < 4.78 is 52.2. The van der Waals surface area contributed by atoms with Crippen molar-refractivity contribution in [2.45, 2.75) is 25.9 Å². The molecule has 1 heterocycles. The summed E-state index contributed by atoms with van der Waals surface area (Å²) in [6.45, 7) is 0.762. The number of alkyl halides is 3. The van der Waals surface area contributed by atoms with Gasteiger partial charge in [-0.25, -0.2) is 4.79 Å². The van der Waals surface area contributed by atoms with E-state index in [2.05, 4.69) is 10.1 Å². The number of ether oxygens (including phenoxy) is 3. The maximum absolute atomic E-state index is 12.6. The van der Waals surface area contributed by atoms with E-state index in [1.165, 1.54) is 25.3 Å². The molecule has 1 N–H and O–H groups in total. The van der Waals surface area contributed by atoms with Crippen molar-refractivity contribution >= 4 is 6.03 Å². The molecule has 0 atom stereocenters. The Morgan fingerprint density at radius 1 is 1.07 bits per heavy atom. The van der Waals surface area contributed by atoms with Crippen LogP contribution in [0.5, 0.6) is 17.2 Å². The Labute approximate surface area is 166 Å². The lowest BCUT2D eigenvalue weighted by Gasteiger charge is -2.29. The van der Waals surface area contributed by atoms with Gasteiger partial charge in [-0.1, -0.05) is 18.2 Å². The lowest BCUT2D eigenvalue weighted by molar-refractivity contribution is -0.274. The highest BCUT2D eigenvalue weighted by molar-refractivity contribution is 5.74. The molecular weight excluding hydrogens is 389 g/mol. The first kappa shape index (κ1) is 20.6. The maximum atomic E-state index is 12.6. The molecule has 2 aromatic carbocycles. The van der Waals surface area contributed by atoms with Crippen molar-refractivity contribution in [3.63, 3.8) is 0 Å². The Hall–Kier alpha value is -3.10. The van der Waals surface area contributed by atoms with E-state index in [0.717, 1.165) is 11.1 Å². The molecule has 2 amide bonds. The summed E-state index contributed by atoms with van der Waals surface area (Å²) in [7, 11) is 3.10. The number of rotatable bonds is 5. The van der Waals surface area contributed by atoms with Gasteiger partial charge in [0.15, 0.2) is 11.5 Å². The second kappa shape index (κ2) is 8.50. The Kier molecular flexibility index (Phi) is 6.05. The number of carbonyl (C=O) groups is 1. The molecule has 0 unspecified atom stereocenters. The quantitative estimate of drug-likeness (QED) is 0.813. The van der Waals surface area contributed by atoms with E-state index < -0.39 is 6.36 Å². The van der Waals surface area contributed by atoms with Crippen molar-refractivity contribution in [2.75, 3.05) is 20.8 Å². The first-order chi connectivity index (χ1) is 13.8. The van der Waals surface area contributed by atoms with Crippen LogP contribution in [0.4, 0.5) is 18.0 Å². The predicted molar refractivity (Wildman–Crippen MR) is 99.0 cm³/mol. The number of methoxy groups -OCH3 is 2. The minimum atomic E-state index is -4.79. The predicted octanol–water partition coefficient (Wildman–Crippen LogP) is 3.87. The summed E-state index contributed by atoms with van der Waals surface area (Å²) in [5.74, 6) is 0.873. The third kappa shape index (κ3) is 5.04. The molecule has 0 bridgehead atoms. The molecule has 9 heteroatoms. The van der Waals surface area contributed by atoms with Crippen molar-refractivity contribution in [1.29, 1.82) is 0 Å².